The molecular formula is C52H50N2. The Morgan fingerprint density at radius 3 is 1.87 bits per heavy atom. The third-order valence-electron chi connectivity index (χ3n) is 11.8. The quantitative estimate of drug-likeness (QED) is 0.150. The van der Waals surface area contributed by atoms with Gasteiger partial charge in [-0.15, -0.1) is 0 Å². The number of hydrogen-bond acceptors (Lipinski definition) is 2. The minimum atomic E-state index is 0.307. The second kappa shape index (κ2) is 15.4. The van der Waals surface area contributed by atoms with E-state index in [1.165, 1.54) is 98.9 Å². The summed E-state index contributed by atoms with van der Waals surface area (Å²) in [6, 6.07) is 49.2. The standard InChI is InChI=1S/C52H50N2/c1-36-32-40(16-15-39-17-19-42(20-18-39)49-14-8-11-31-53-49)34-45(33-36)48-13-7-6-12-47(48)41-21-23-44(24-22-41)51-38(3)50(37(2)35-54-51)43-25-27-46(28-26-43)52(4)29-9-5-10-30-52/h6-8,11-14,17-28,31-35H,5,9-10,15-16,29-30H2,1-4H3. The largest absolute Gasteiger partial charge is 0.256 e. The van der Waals surface area contributed by atoms with Gasteiger partial charge in [-0.2, -0.15) is 0 Å². The lowest BCUT2D eigenvalue weighted by Crippen LogP contribution is -2.24. The smallest absolute Gasteiger partial charge is 0.0737 e. The molecule has 2 nitrogen and oxygen atoms in total. The first-order valence-corrected chi connectivity index (χ1v) is 19.7. The predicted octanol–water partition coefficient (Wildman–Crippen LogP) is 13.7. The van der Waals surface area contributed by atoms with Gasteiger partial charge in [0, 0.05) is 23.5 Å². The summed E-state index contributed by atoms with van der Waals surface area (Å²) in [7, 11) is 0. The van der Waals surface area contributed by atoms with E-state index in [0.29, 0.717) is 5.41 Å². The Bertz CT molecular complexity index is 2360. The molecule has 2 heteroatoms. The SMILES string of the molecule is Cc1cc(CCc2ccc(-c3ccccn3)cc2)cc(-c2ccccc2-c2ccc(-c3ncc(C)c(-c4ccc(C5(C)CCCCC5)cc4)c3C)cc2)c1. The zero-order chi connectivity index (χ0) is 37.1. The van der Waals surface area contributed by atoms with Crippen LogP contribution in [-0.4, -0.2) is 9.97 Å². The molecule has 268 valence electrons. The van der Waals surface area contributed by atoms with Crippen LogP contribution in [0, 0.1) is 20.8 Å². The highest BCUT2D eigenvalue weighted by molar-refractivity contribution is 5.85. The highest BCUT2D eigenvalue weighted by Gasteiger charge is 2.28. The summed E-state index contributed by atoms with van der Waals surface area (Å²) in [6.07, 6.45) is 12.5. The zero-order valence-electron chi connectivity index (χ0n) is 32.2. The van der Waals surface area contributed by atoms with Gasteiger partial charge in [-0.1, -0.05) is 153 Å². The predicted molar refractivity (Wildman–Crippen MR) is 228 cm³/mol. The van der Waals surface area contributed by atoms with Gasteiger partial charge < -0.3 is 0 Å². The topological polar surface area (TPSA) is 25.8 Å². The minimum Gasteiger partial charge on any atom is -0.256 e. The van der Waals surface area contributed by atoms with E-state index >= 15 is 0 Å². The Morgan fingerprint density at radius 2 is 1.17 bits per heavy atom. The van der Waals surface area contributed by atoms with Crippen molar-refractivity contribution in [2.45, 2.75) is 78.1 Å². The van der Waals surface area contributed by atoms with Gasteiger partial charge in [0.05, 0.1) is 11.4 Å². The third kappa shape index (κ3) is 7.44. The summed E-state index contributed by atoms with van der Waals surface area (Å²) in [5, 5.41) is 0. The molecule has 1 aliphatic rings. The maximum Gasteiger partial charge on any atom is 0.0737 e. The van der Waals surface area contributed by atoms with Crippen LogP contribution >= 0.6 is 0 Å². The fourth-order valence-electron chi connectivity index (χ4n) is 8.75. The van der Waals surface area contributed by atoms with Crippen LogP contribution in [0.15, 0.2) is 146 Å². The van der Waals surface area contributed by atoms with Gasteiger partial charge in [-0.05, 0) is 125 Å². The van der Waals surface area contributed by atoms with Gasteiger partial charge in [-0.3, -0.25) is 9.97 Å². The Balaban J connectivity index is 1.02. The third-order valence-corrected chi connectivity index (χ3v) is 11.8. The summed E-state index contributed by atoms with van der Waals surface area (Å²) in [4.78, 5) is 9.48. The summed E-state index contributed by atoms with van der Waals surface area (Å²) < 4.78 is 0. The van der Waals surface area contributed by atoms with Gasteiger partial charge in [0.2, 0.25) is 0 Å². The Hall–Kier alpha value is -5.60. The fourth-order valence-corrected chi connectivity index (χ4v) is 8.75. The van der Waals surface area contributed by atoms with E-state index in [4.69, 9.17) is 4.98 Å². The molecule has 2 heterocycles. The number of aryl methyl sites for hydroxylation is 4. The van der Waals surface area contributed by atoms with Crippen molar-refractivity contribution in [2.75, 3.05) is 0 Å². The maximum absolute atomic E-state index is 4.98. The molecule has 54 heavy (non-hydrogen) atoms. The van der Waals surface area contributed by atoms with E-state index in [0.717, 1.165) is 35.4 Å². The molecule has 0 atom stereocenters. The van der Waals surface area contributed by atoms with E-state index in [9.17, 15) is 0 Å². The van der Waals surface area contributed by atoms with Gasteiger partial charge in [0.25, 0.3) is 0 Å². The van der Waals surface area contributed by atoms with Crippen molar-refractivity contribution in [2.24, 2.45) is 0 Å². The van der Waals surface area contributed by atoms with Gasteiger partial charge in [0.1, 0.15) is 0 Å². The first-order valence-electron chi connectivity index (χ1n) is 19.7. The van der Waals surface area contributed by atoms with Crippen LogP contribution in [0.4, 0.5) is 0 Å². The van der Waals surface area contributed by atoms with Crippen LogP contribution in [0.5, 0.6) is 0 Å². The Kier molecular flexibility index (Phi) is 10.1. The molecule has 1 saturated carbocycles. The molecule has 2 aromatic heterocycles. The molecule has 0 saturated heterocycles. The molecule has 0 unspecified atom stereocenters. The summed E-state index contributed by atoms with van der Waals surface area (Å²) in [6.45, 7) is 9.09. The lowest BCUT2D eigenvalue weighted by Gasteiger charge is -2.34. The molecule has 8 rings (SSSR count). The molecule has 1 aliphatic carbocycles. The van der Waals surface area contributed by atoms with E-state index in [2.05, 4.69) is 154 Å². The van der Waals surface area contributed by atoms with Crippen molar-refractivity contribution < 1.29 is 0 Å². The second-order valence-electron chi connectivity index (χ2n) is 15.7. The van der Waals surface area contributed by atoms with Crippen molar-refractivity contribution in [1.82, 2.24) is 9.97 Å². The average Bonchev–Trinajstić information content (AvgIpc) is 3.21. The van der Waals surface area contributed by atoms with Crippen molar-refractivity contribution >= 4 is 0 Å². The first kappa shape index (κ1) is 35.4. The first-order chi connectivity index (χ1) is 26.3. The molecular weight excluding hydrogens is 653 g/mol. The number of pyridine rings is 2. The van der Waals surface area contributed by atoms with Crippen LogP contribution in [0.25, 0.3) is 55.9 Å². The van der Waals surface area contributed by atoms with Crippen LogP contribution in [-0.2, 0) is 18.3 Å². The minimum absolute atomic E-state index is 0.307. The number of aromatic nitrogens is 2. The molecule has 0 bridgehead atoms. The van der Waals surface area contributed by atoms with Crippen molar-refractivity contribution in [3.8, 4) is 55.9 Å². The molecule has 5 aromatic carbocycles. The number of benzene rings is 5. The lowest BCUT2D eigenvalue weighted by molar-refractivity contribution is 0.319. The molecule has 7 aromatic rings. The summed E-state index contributed by atoms with van der Waals surface area (Å²) in [5.74, 6) is 0. The highest BCUT2D eigenvalue weighted by atomic mass is 14.7. The Labute approximate surface area is 322 Å². The summed E-state index contributed by atoms with van der Waals surface area (Å²) in [5.41, 5.74) is 20.1. The molecule has 0 aliphatic heterocycles. The number of hydrogen-bond donors (Lipinski definition) is 0. The number of rotatable bonds is 9. The second-order valence-corrected chi connectivity index (χ2v) is 15.7. The van der Waals surface area contributed by atoms with Crippen LogP contribution in [0.2, 0.25) is 0 Å². The van der Waals surface area contributed by atoms with Crippen LogP contribution < -0.4 is 0 Å². The Morgan fingerprint density at radius 1 is 0.537 bits per heavy atom. The molecule has 1 fully saturated rings. The van der Waals surface area contributed by atoms with Crippen LogP contribution in [0.3, 0.4) is 0 Å². The monoisotopic (exact) mass is 702 g/mol. The maximum atomic E-state index is 4.98. The van der Waals surface area contributed by atoms with Crippen molar-refractivity contribution in [3.63, 3.8) is 0 Å². The molecule has 0 N–H and O–H groups in total. The van der Waals surface area contributed by atoms with Crippen molar-refractivity contribution in [1.29, 1.82) is 0 Å². The van der Waals surface area contributed by atoms with Gasteiger partial charge in [-0.25, -0.2) is 0 Å². The fraction of sp³-hybridized carbons (Fsp3) is 0.231. The summed E-state index contributed by atoms with van der Waals surface area (Å²) >= 11 is 0. The zero-order valence-corrected chi connectivity index (χ0v) is 32.2. The lowest BCUT2D eigenvalue weighted by atomic mass is 9.71. The van der Waals surface area contributed by atoms with E-state index in [1.54, 1.807) is 0 Å². The number of nitrogens with zero attached hydrogens (tertiary/aromatic N) is 2. The van der Waals surface area contributed by atoms with E-state index < -0.39 is 0 Å². The average molecular weight is 703 g/mol. The van der Waals surface area contributed by atoms with Crippen molar-refractivity contribution in [3.05, 3.63) is 179 Å². The van der Waals surface area contributed by atoms with E-state index in [1.807, 2.05) is 24.5 Å². The molecule has 0 spiro atoms. The van der Waals surface area contributed by atoms with Crippen LogP contribution in [0.1, 0.15) is 72.4 Å². The van der Waals surface area contributed by atoms with Gasteiger partial charge in [0.15, 0.2) is 0 Å². The van der Waals surface area contributed by atoms with Gasteiger partial charge >= 0.3 is 0 Å². The molecule has 0 amide bonds. The highest BCUT2D eigenvalue weighted by Crippen LogP contribution is 2.41. The molecule has 0 radical (unpaired) electrons. The van der Waals surface area contributed by atoms with E-state index in [-0.39, 0.29) is 0 Å². The normalized spacial score (nSPS) is 13.9.